The van der Waals surface area contributed by atoms with E-state index in [-0.39, 0.29) is 11.9 Å². The first-order valence-corrected chi connectivity index (χ1v) is 7.27. The van der Waals surface area contributed by atoms with Crippen LogP contribution < -0.4 is 15.8 Å². The van der Waals surface area contributed by atoms with Crippen LogP contribution in [0.3, 0.4) is 0 Å². The predicted octanol–water partition coefficient (Wildman–Crippen LogP) is 2.18. The summed E-state index contributed by atoms with van der Waals surface area (Å²) < 4.78 is 5.79. The second-order valence-electron chi connectivity index (χ2n) is 5.14. The topological polar surface area (TPSA) is 64.3 Å². The van der Waals surface area contributed by atoms with Crippen molar-refractivity contribution in [2.24, 2.45) is 5.73 Å². The number of rotatable bonds is 7. The Balaban J connectivity index is 2.85. The van der Waals surface area contributed by atoms with Gasteiger partial charge in [-0.05, 0) is 45.2 Å². The van der Waals surface area contributed by atoms with E-state index in [4.69, 9.17) is 10.5 Å². The molecule has 1 aromatic carbocycles. The Morgan fingerprint density at radius 2 is 2.10 bits per heavy atom. The highest BCUT2D eigenvalue weighted by Gasteiger charge is 2.16. The zero-order chi connectivity index (χ0) is 15.1. The minimum absolute atomic E-state index is 0.0983. The summed E-state index contributed by atoms with van der Waals surface area (Å²) in [4.78, 5) is 11.7. The maximum Gasteiger partial charge on any atom is 0.260 e. The molecule has 2 atom stereocenters. The van der Waals surface area contributed by atoms with E-state index in [0.717, 1.165) is 24.2 Å². The summed E-state index contributed by atoms with van der Waals surface area (Å²) in [7, 11) is 0. The van der Waals surface area contributed by atoms with E-state index in [1.54, 1.807) is 6.92 Å². The van der Waals surface area contributed by atoms with Crippen molar-refractivity contribution in [1.29, 1.82) is 0 Å². The number of nitrogens with two attached hydrogens (primary N) is 1. The number of benzene rings is 1. The third-order valence-electron chi connectivity index (χ3n) is 3.25. The third-order valence-corrected chi connectivity index (χ3v) is 3.25. The number of hydrogen-bond acceptors (Lipinski definition) is 3. The zero-order valence-electron chi connectivity index (χ0n) is 12.9. The van der Waals surface area contributed by atoms with Crippen molar-refractivity contribution in [1.82, 2.24) is 5.32 Å². The molecule has 4 nitrogen and oxygen atoms in total. The molecule has 20 heavy (non-hydrogen) atoms. The van der Waals surface area contributed by atoms with Gasteiger partial charge in [-0.25, -0.2) is 0 Å². The standard InChI is InChI=1S/C16H26N2O2/c1-5-14(17)10-13-9-11(3)7-8-15(13)20-12(4)16(19)18-6-2/h7-9,12,14H,5-6,10,17H2,1-4H3,(H,18,19). The van der Waals surface area contributed by atoms with Gasteiger partial charge in [0.1, 0.15) is 5.75 Å². The summed E-state index contributed by atoms with van der Waals surface area (Å²) in [6.07, 6.45) is 1.17. The molecule has 3 N–H and O–H groups in total. The van der Waals surface area contributed by atoms with Crippen LogP contribution >= 0.6 is 0 Å². The van der Waals surface area contributed by atoms with Gasteiger partial charge in [-0.2, -0.15) is 0 Å². The second kappa shape index (κ2) is 7.90. The van der Waals surface area contributed by atoms with Crippen LogP contribution in [0.5, 0.6) is 5.75 Å². The van der Waals surface area contributed by atoms with Crippen LogP contribution in [0.15, 0.2) is 18.2 Å². The molecule has 112 valence electrons. The Labute approximate surface area is 121 Å². The molecule has 4 heteroatoms. The molecule has 1 amide bonds. The highest BCUT2D eigenvalue weighted by atomic mass is 16.5. The van der Waals surface area contributed by atoms with Gasteiger partial charge in [-0.3, -0.25) is 4.79 Å². The molecule has 0 heterocycles. The van der Waals surface area contributed by atoms with Crippen LogP contribution in [-0.2, 0) is 11.2 Å². The number of nitrogens with one attached hydrogen (secondary N) is 1. The van der Waals surface area contributed by atoms with Crippen molar-refractivity contribution in [3.05, 3.63) is 29.3 Å². The lowest BCUT2D eigenvalue weighted by Crippen LogP contribution is -2.36. The largest absolute Gasteiger partial charge is 0.481 e. The van der Waals surface area contributed by atoms with Gasteiger partial charge in [0, 0.05) is 12.6 Å². The number of carbonyl (C=O) groups excluding carboxylic acids is 1. The van der Waals surface area contributed by atoms with Crippen molar-refractivity contribution in [2.75, 3.05) is 6.54 Å². The van der Waals surface area contributed by atoms with E-state index < -0.39 is 6.10 Å². The lowest BCUT2D eigenvalue weighted by atomic mass is 10.0. The van der Waals surface area contributed by atoms with E-state index in [9.17, 15) is 4.79 Å². The molecule has 0 aromatic heterocycles. The summed E-state index contributed by atoms with van der Waals surface area (Å²) in [6, 6.07) is 6.10. The number of likely N-dealkylation sites (N-methyl/N-ethyl adjacent to an activating group) is 1. The summed E-state index contributed by atoms with van der Waals surface area (Å²) in [6.45, 7) is 8.36. The van der Waals surface area contributed by atoms with Gasteiger partial charge in [0.15, 0.2) is 6.10 Å². The number of amides is 1. The summed E-state index contributed by atoms with van der Waals surface area (Å²) in [5.41, 5.74) is 8.26. The number of ether oxygens (including phenoxy) is 1. The number of aryl methyl sites for hydroxylation is 1. The van der Waals surface area contributed by atoms with E-state index in [1.807, 2.05) is 26.0 Å². The lowest BCUT2D eigenvalue weighted by Gasteiger charge is -2.19. The quantitative estimate of drug-likeness (QED) is 0.803. The van der Waals surface area contributed by atoms with Crippen molar-refractivity contribution < 1.29 is 9.53 Å². The van der Waals surface area contributed by atoms with Crippen LogP contribution in [0.1, 0.15) is 38.3 Å². The van der Waals surface area contributed by atoms with Crippen molar-refractivity contribution in [3.63, 3.8) is 0 Å². The van der Waals surface area contributed by atoms with Gasteiger partial charge in [0.2, 0.25) is 0 Å². The SMILES string of the molecule is CCNC(=O)C(C)Oc1ccc(C)cc1CC(N)CC. The molecule has 1 aromatic rings. The highest BCUT2D eigenvalue weighted by molar-refractivity contribution is 5.80. The Bertz CT molecular complexity index is 446. The van der Waals surface area contributed by atoms with E-state index in [1.165, 1.54) is 5.56 Å². The fourth-order valence-corrected chi connectivity index (χ4v) is 1.97. The second-order valence-corrected chi connectivity index (χ2v) is 5.14. The van der Waals surface area contributed by atoms with E-state index in [0.29, 0.717) is 6.54 Å². The molecule has 0 aliphatic heterocycles. The van der Waals surface area contributed by atoms with Crippen LogP contribution in [0.25, 0.3) is 0 Å². The molecule has 0 fully saturated rings. The minimum Gasteiger partial charge on any atom is -0.481 e. The molecule has 0 radical (unpaired) electrons. The van der Waals surface area contributed by atoms with Gasteiger partial charge in [0.05, 0.1) is 0 Å². The molecular weight excluding hydrogens is 252 g/mol. The Hall–Kier alpha value is -1.55. The van der Waals surface area contributed by atoms with Crippen LogP contribution in [0.4, 0.5) is 0 Å². The van der Waals surface area contributed by atoms with E-state index >= 15 is 0 Å². The first-order chi connectivity index (χ1) is 9.47. The zero-order valence-corrected chi connectivity index (χ0v) is 12.9. The average molecular weight is 278 g/mol. The maximum atomic E-state index is 11.7. The fourth-order valence-electron chi connectivity index (χ4n) is 1.97. The molecule has 0 spiro atoms. The van der Waals surface area contributed by atoms with Crippen molar-refractivity contribution >= 4 is 5.91 Å². The summed E-state index contributed by atoms with van der Waals surface area (Å²) in [5, 5.41) is 2.76. The number of hydrogen-bond donors (Lipinski definition) is 2. The van der Waals surface area contributed by atoms with Gasteiger partial charge in [-0.1, -0.05) is 24.6 Å². The van der Waals surface area contributed by atoms with Crippen LogP contribution in [-0.4, -0.2) is 24.6 Å². The molecule has 0 saturated heterocycles. The highest BCUT2D eigenvalue weighted by Crippen LogP contribution is 2.23. The van der Waals surface area contributed by atoms with Crippen LogP contribution in [0.2, 0.25) is 0 Å². The van der Waals surface area contributed by atoms with Crippen LogP contribution in [0, 0.1) is 6.92 Å². The summed E-state index contributed by atoms with van der Waals surface area (Å²) >= 11 is 0. The maximum absolute atomic E-state index is 11.7. The van der Waals surface area contributed by atoms with Gasteiger partial charge in [0.25, 0.3) is 5.91 Å². The van der Waals surface area contributed by atoms with Crippen molar-refractivity contribution in [2.45, 2.75) is 52.7 Å². The monoisotopic (exact) mass is 278 g/mol. The van der Waals surface area contributed by atoms with Gasteiger partial charge in [-0.15, -0.1) is 0 Å². The molecule has 0 saturated carbocycles. The Morgan fingerprint density at radius 1 is 1.40 bits per heavy atom. The Kier molecular flexibility index (Phi) is 6.52. The third kappa shape index (κ3) is 4.85. The number of carbonyl (C=O) groups is 1. The molecule has 0 aliphatic rings. The molecule has 0 aliphatic carbocycles. The van der Waals surface area contributed by atoms with Gasteiger partial charge >= 0.3 is 0 Å². The molecule has 2 unspecified atom stereocenters. The smallest absolute Gasteiger partial charge is 0.260 e. The molecular formula is C16H26N2O2. The first-order valence-electron chi connectivity index (χ1n) is 7.27. The molecule has 1 rings (SSSR count). The lowest BCUT2D eigenvalue weighted by molar-refractivity contribution is -0.127. The summed E-state index contributed by atoms with van der Waals surface area (Å²) in [5.74, 6) is 0.650. The van der Waals surface area contributed by atoms with Crippen molar-refractivity contribution in [3.8, 4) is 5.75 Å². The first kappa shape index (κ1) is 16.5. The average Bonchev–Trinajstić information content (AvgIpc) is 2.41. The minimum atomic E-state index is -0.505. The Morgan fingerprint density at radius 3 is 2.70 bits per heavy atom. The van der Waals surface area contributed by atoms with E-state index in [2.05, 4.69) is 18.3 Å². The predicted molar refractivity (Wildman–Crippen MR) is 81.9 cm³/mol. The fraction of sp³-hybridized carbons (Fsp3) is 0.562. The van der Waals surface area contributed by atoms with Gasteiger partial charge < -0.3 is 15.8 Å². The molecule has 0 bridgehead atoms. The normalized spacial score (nSPS) is 13.7.